The number of nitrogens with zero attached hydrogens (tertiary/aromatic N) is 3. The molecular formula is C38H31FN4O3S. The number of carbonyl (C=O) groups excluding carboxylic acids is 1. The fourth-order valence-electron chi connectivity index (χ4n) is 6.21. The maximum atomic E-state index is 14.7. The van der Waals surface area contributed by atoms with Crippen molar-refractivity contribution in [3.63, 3.8) is 0 Å². The number of hydrogen-bond acceptors (Lipinski definition) is 5. The van der Waals surface area contributed by atoms with Crippen molar-refractivity contribution in [2.24, 2.45) is 4.99 Å². The van der Waals surface area contributed by atoms with Crippen LogP contribution >= 0.6 is 11.3 Å². The zero-order valence-corrected chi connectivity index (χ0v) is 26.8. The molecule has 1 aliphatic heterocycles. The molecule has 7 rings (SSSR count). The predicted molar refractivity (Wildman–Crippen MR) is 184 cm³/mol. The Morgan fingerprint density at radius 3 is 2.40 bits per heavy atom. The van der Waals surface area contributed by atoms with E-state index in [2.05, 4.69) is 9.88 Å². The van der Waals surface area contributed by atoms with Crippen LogP contribution in [0, 0.1) is 12.7 Å². The van der Waals surface area contributed by atoms with Gasteiger partial charge in [-0.3, -0.25) is 14.2 Å². The minimum Gasteiger partial charge on any atom is -0.497 e. The fraction of sp³-hybridized carbons (Fsp3) is 0.132. The normalized spacial score (nSPS) is 14.6. The van der Waals surface area contributed by atoms with Crippen LogP contribution in [0.2, 0.25) is 0 Å². The molecule has 6 aromatic rings. The Labute approximate surface area is 274 Å². The Hall–Kier alpha value is -5.54. The quantitative estimate of drug-likeness (QED) is 0.221. The highest BCUT2D eigenvalue weighted by molar-refractivity contribution is 7.07. The molecule has 234 valence electrons. The van der Waals surface area contributed by atoms with Crippen molar-refractivity contribution >= 4 is 39.9 Å². The molecule has 0 saturated heterocycles. The number of aromatic nitrogens is 2. The van der Waals surface area contributed by atoms with E-state index in [1.807, 2.05) is 97.9 Å². The molecule has 0 spiro atoms. The molecule has 3 heterocycles. The number of allylic oxidation sites excluding steroid dienone is 1. The monoisotopic (exact) mass is 642 g/mol. The molecule has 0 bridgehead atoms. The standard InChI is InChI=1S/C38H31FN4O3S/c1-23-34(36(44)41-27-12-5-4-6-13-27)35(25-17-19-28(46-3)20-18-25)43-37(45)33(47-38(43)40-23)21-30-24(2)42(32-16-10-8-14-29(30)32)22-26-11-7-9-15-31(26)39/h4-21,35H,22H2,1-3H3,(H,41,44)/b33-21+/t35-/m0/s1. The van der Waals surface area contributed by atoms with Crippen molar-refractivity contribution in [2.45, 2.75) is 26.4 Å². The topological polar surface area (TPSA) is 77.6 Å². The number of halogens is 1. The second-order valence-electron chi connectivity index (χ2n) is 11.4. The molecule has 4 aromatic carbocycles. The van der Waals surface area contributed by atoms with Crippen molar-refractivity contribution in [1.29, 1.82) is 0 Å². The highest BCUT2D eigenvalue weighted by Gasteiger charge is 2.32. The number of thiazole rings is 1. The third-order valence-corrected chi connectivity index (χ3v) is 9.55. The lowest BCUT2D eigenvalue weighted by atomic mass is 9.95. The van der Waals surface area contributed by atoms with Crippen LogP contribution in [0.25, 0.3) is 17.0 Å². The largest absolute Gasteiger partial charge is 0.497 e. The van der Waals surface area contributed by atoms with E-state index in [1.54, 1.807) is 30.7 Å². The van der Waals surface area contributed by atoms with Crippen molar-refractivity contribution in [3.05, 3.63) is 162 Å². The number of carbonyl (C=O) groups is 1. The lowest BCUT2D eigenvalue weighted by Gasteiger charge is -2.25. The zero-order chi connectivity index (χ0) is 32.7. The van der Waals surface area contributed by atoms with Crippen LogP contribution in [-0.4, -0.2) is 22.2 Å². The number of nitrogens with one attached hydrogen (secondary N) is 1. The van der Waals surface area contributed by atoms with E-state index in [4.69, 9.17) is 9.73 Å². The molecule has 0 saturated carbocycles. The summed E-state index contributed by atoms with van der Waals surface area (Å²) >= 11 is 1.29. The summed E-state index contributed by atoms with van der Waals surface area (Å²) in [4.78, 5) is 33.6. The maximum Gasteiger partial charge on any atom is 0.271 e. The molecule has 7 nitrogen and oxygen atoms in total. The number of amides is 1. The van der Waals surface area contributed by atoms with Crippen LogP contribution < -0.4 is 24.9 Å². The first kappa shape index (κ1) is 30.1. The summed E-state index contributed by atoms with van der Waals surface area (Å²) in [6.07, 6.45) is 1.90. The van der Waals surface area contributed by atoms with E-state index in [9.17, 15) is 14.0 Å². The average Bonchev–Trinajstić information content (AvgIpc) is 3.53. The van der Waals surface area contributed by atoms with Crippen molar-refractivity contribution < 1.29 is 13.9 Å². The third-order valence-electron chi connectivity index (χ3n) is 8.57. The molecular weight excluding hydrogens is 612 g/mol. The van der Waals surface area contributed by atoms with Gasteiger partial charge >= 0.3 is 0 Å². The van der Waals surface area contributed by atoms with Gasteiger partial charge in [0.1, 0.15) is 11.6 Å². The smallest absolute Gasteiger partial charge is 0.271 e. The Bertz CT molecular complexity index is 2370. The van der Waals surface area contributed by atoms with Gasteiger partial charge in [0.2, 0.25) is 0 Å². The number of para-hydroxylation sites is 2. The van der Waals surface area contributed by atoms with Gasteiger partial charge in [0, 0.05) is 33.4 Å². The molecule has 2 aromatic heterocycles. The molecule has 0 radical (unpaired) electrons. The lowest BCUT2D eigenvalue weighted by molar-refractivity contribution is -0.113. The summed E-state index contributed by atoms with van der Waals surface area (Å²) in [7, 11) is 1.59. The zero-order valence-electron chi connectivity index (χ0n) is 26.0. The van der Waals surface area contributed by atoms with Crippen LogP contribution in [-0.2, 0) is 11.3 Å². The van der Waals surface area contributed by atoms with E-state index < -0.39 is 6.04 Å². The van der Waals surface area contributed by atoms with Gasteiger partial charge in [0.15, 0.2) is 4.80 Å². The number of fused-ring (bicyclic) bond motifs is 2. The van der Waals surface area contributed by atoms with E-state index in [0.29, 0.717) is 44.1 Å². The number of benzene rings is 4. The Balaban J connectivity index is 1.39. The third kappa shape index (κ3) is 5.48. The van der Waals surface area contributed by atoms with Crippen molar-refractivity contribution in [2.75, 3.05) is 12.4 Å². The first-order valence-corrected chi connectivity index (χ1v) is 16.0. The lowest BCUT2D eigenvalue weighted by Crippen LogP contribution is -2.40. The summed E-state index contributed by atoms with van der Waals surface area (Å²) in [5, 5.41) is 3.94. The Morgan fingerprint density at radius 2 is 1.66 bits per heavy atom. The first-order chi connectivity index (χ1) is 22.8. The Kier molecular flexibility index (Phi) is 7.91. The van der Waals surface area contributed by atoms with Crippen LogP contribution in [0.1, 0.15) is 35.3 Å². The summed E-state index contributed by atoms with van der Waals surface area (Å²) in [5.74, 6) is 0.0690. The van der Waals surface area contributed by atoms with Gasteiger partial charge in [-0.2, -0.15) is 0 Å². The summed E-state index contributed by atoms with van der Waals surface area (Å²) < 4.78 is 24.2. The number of rotatable bonds is 7. The molecule has 0 fully saturated rings. The highest BCUT2D eigenvalue weighted by atomic mass is 32.1. The fourth-order valence-corrected chi connectivity index (χ4v) is 7.23. The number of methoxy groups -OCH3 is 1. The van der Waals surface area contributed by atoms with E-state index in [1.165, 1.54) is 17.4 Å². The summed E-state index contributed by atoms with van der Waals surface area (Å²) in [5.41, 5.74) is 5.37. The summed E-state index contributed by atoms with van der Waals surface area (Å²) in [6, 6.07) is 30.6. The molecule has 0 unspecified atom stereocenters. The molecule has 0 aliphatic carbocycles. The van der Waals surface area contributed by atoms with Crippen LogP contribution in [0.4, 0.5) is 10.1 Å². The first-order valence-electron chi connectivity index (χ1n) is 15.2. The van der Waals surface area contributed by atoms with Crippen LogP contribution in [0.5, 0.6) is 5.75 Å². The Morgan fingerprint density at radius 1 is 0.957 bits per heavy atom. The van der Waals surface area contributed by atoms with Crippen molar-refractivity contribution in [1.82, 2.24) is 9.13 Å². The van der Waals surface area contributed by atoms with Gasteiger partial charge in [-0.15, -0.1) is 0 Å². The van der Waals surface area contributed by atoms with Gasteiger partial charge in [0.05, 0.1) is 35.5 Å². The second kappa shape index (κ2) is 12.3. The van der Waals surface area contributed by atoms with Gasteiger partial charge < -0.3 is 14.6 Å². The molecule has 47 heavy (non-hydrogen) atoms. The van der Waals surface area contributed by atoms with Gasteiger partial charge in [-0.25, -0.2) is 9.38 Å². The highest BCUT2D eigenvalue weighted by Crippen LogP contribution is 2.32. The SMILES string of the molecule is COc1ccc([C@H]2C(C(=O)Nc3ccccc3)=C(C)N=c3s/c(=C/c4c(C)n(Cc5ccccc5F)c5ccccc45)c(=O)n32)cc1. The minimum absolute atomic E-state index is 0.252. The van der Waals surface area contributed by atoms with E-state index in [0.717, 1.165) is 27.7 Å². The molecule has 9 heteroatoms. The number of ether oxygens (including phenoxy) is 1. The molecule has 1 N–H and O–H groups in total. The van der Waals surface area contributed by atoms with Crippen LogP contribution in [0.3, 0.4) is 0 Å². The minimum atomic E-state index is -0.716. The van der Waals surface area contributed by atoms with Crippen molar-refractivity contribution in [3.8, 4) is 5.75 Å². The van der Waals surface area contributed by atoms with Gasteiger partial charge in [-0.05, 0) is 61.9 Å². The van der Waals surface area contributed by atoms with Crippen LogP contribution in [0.15, 0.2) is 124 Å². The number of hydrogen-bond donors (Lipinski definition) is 1. The van der Waals surface area contributed by atoms with Gasteiger partial charge in [-0.1, -0.05) is 78.1 Å². The maximum absolute atomic E-state index is 14.7. The van der Waals surface area contributed by atoms with E-state index in [-0.39, 0.29) is 17.3 Å². The van der Waals surface area contributed by atoms with Gasteiger partial charge in [0.25, 0.3) is 11.5 Å². The summed E-state index contributed by atoms with van der Waals surface area (Å²) in [6.45, 7) is 4.14. The average molecular weight is 643 g/mol. The molecule has 1 amide bonds. The molecule has 1 aliphatic rings. The van der Waals surface area contributed by atoms with E-state index >= 15 is 0 Å². The number of anilines is 1. The second-order valence-corrected chi connectivity index (χ2v) is 12.4. The molecule has 1 atom stereocenters. The predicted octanol–water partition coefficient (Wildman–Crippen LogP) is 6.33.